The van der Waals surface area contributed by atoms with Crippen LogP contribution in [0.1, 0.15) is 75.6 Å². The van der Waals surface area contributed by atoms with Crippen LogP contribution in [0.5, 0.6) is 0 Å². The fourth-order valence-electron chi connectivity index (χ4n) is 6.36. The first-order chi connectivity index (χ1) is 20.8. The van der Waals surface area contributed by atoms with E-state index < -0.39 is 30.4 Å². The van der Waals surface area contributed by atoms with E-state index in [0.717, 1.165) is 16.7 Å². The Balaban J connectivity index is 1.60. The van der Waals surface area contributed by atoms with Crippen LogP contribution in [0.25, 0.3) is 11.3 Å². The number of aromatic nitrogens is 1. The van der Waals surface area contributed by atoms with Crippen molar-refractivity contribution in [1.82, 2.24) is 9.29 Å². The van der Waals surface area contributed by atoms with Gasteiger partial charge >= 0.3 is 5.97 Å². The summed E-state index contributed by atoms with van der Waals surface area (Å²) in [5, 5.41) is 12.2. The van der Waals surface area contributed by atoms with E-state index in [2.05, 4.69) is 74.3 Å². The second-order valence-electron chi connectivity index (χ2n) is 13.4. The Morgan fingerprint density at radius 2 is 1.45 bits per heavy atom. The van der Waals surface area contributed by atoms with Gasteiger partial charge in [0.05, 0.1) is 18.3 Å². The molecule has 1 N–H and O–H groups in total. The number of rotatable bonds is 9. The summed E-state index contributed by atoms with van der Waals surface area (Å²) in [6.07, 6.45) is 0.577. The van der Waals surface area contributed by atoms with Crippen molar-refractivity contribution in [1.29, 1.82) is 0 Å². The zero-order valence-corrected chi connectivity index (χ0v) is 28.2. The summed E-state index contributed by atoms with van der Waals surface area (Å²) in [7, 11) is -2.79. The van der Waals surface area contributed by atoms with Crippen LogP contribution in [-0.2, 0) is 22.3 Å². The molecule has 0 saturated heterocycles. The minimum absolute atomic E-state index is 0.00620. The Kier molecular flexibility index (Phi) is 9.21. The Labute approximate surface area is 265 Å². The lowest BCUT2D eigenvalue weighted by molar-refractivity contribution is 0.0690. The van der Waals surface area contributed by atoms with E-state index in [9.17, 15) is 14.5 Å². The Bertz CT molecular complexity index is 1550. The van der Waals surface area contributed by atoms with Crippen LogP contribution >= 0.6 is 0 Å². The molecule has 44 heavy (non-hydrogen) atoms. The second kappa shape index (κ2) is 12.6. The summed E-state index contributed by atoms with van der Waals surface area (Å²) in [6, 6.07) is 32.2. The zero-order chi connectivity index (χ0) is 31.7. The molecule has 3 aromatic carbocycles. The van der Waals surface area contributed by atoms with Crippen molar-refractivity contribution in [3.63, 3.8) is 0 Å². The topological polar surface area (TPSA) is 85.7 Å². The Morgan fingerprint density at radius 3 is 1.93 bits per heavy atom. The zero-order valence-electron chi connectivity index (χ0n) is 26.4. The van der Waals surface area contributed by atoms with Gasteiger partial charge in [-0.05, 0) is 54.2 Å². The van der Waals surface area contributed by atoms with Gasteiger partial charge in [-0.25, -0.2) is 9.78 Å². The first-order valence-corrected chi connectivity index (χ1v) is 18.1. The maximum atomic E-state index is 14.0. The van der Waals surface area contributed by atoms with Crippen LogP contribution in [0.2, 0.25) is 5.04 Å². The van der Waals surface area contributed by atoms with Crippen molar-refractivity contribution in [2.75, 3.05) is 6.61 Å². The van der Waals surface area contributed by atoms with Crippen LogP contribution in [0.4, 0.5) is 0 Å². The predicted octanol–water partition coefficient (Wildman–Crippen LogP) is 6.73. The molecule has 0 fully saturated rings. The van der Waals surface area contributed by atoms with Gasteiger partial charge in [0.1, 0.15) is 10.4 Å². The third-order valence-electron chi connectivity index (χ3n) is 8.28. The standard InChI is InChI=1S/C36H42N2O4SSi/c1-35(2,3)43(41)38-25-27-24-30(34(39)40)37-33(26-16-10-7-11-17-26)32(27)31(38)22-23-42-44(36(4,5)6,28-18-12-8-13-19-28)29-20-14-9-15-21-29/h7-21,24,31H,22-23,25H2,1-6H3,(H,39,40)/t31-,43-/m1/s1. The van der Waals surface area contributed by atoms with Gasteiger partial charge in [-0.3, -0.25) is 0 Å². The van der Waals surface area contributed by atoms with Crippen molar-refractivity contribution in [2.45, 2.75) is 70.3 Å². The lowest BCUT2D eigenvalue weighted by Gasteiger charge is -2.43. The first-order valence-electron chi connectivity index (χ1n) is 15.1. The number of pyridine rings is 1. The highest BCUT2D eigenvalue weighted by Gasteiger charge is 2.51. The Morgan fingerprint density at radius 1 is 0.932 bits per heavy atom. The maximum Gasteiger partial charge on any atom is 0.354 e. The number of fused-ring (bicyclic) bond motifs is 1. The van der Waals surface area contributed by atoms with Crippen molar-refractivity contribution >= 4 is 36.0 Å². The minimum atomic E-state index is -2.79. The van der Waals surface area contributed by atoms with Crippen LogP contribution in [0.15, 0.2) is 97.1 Å². The van der Waals surface area contributed by atoms with Gasteiger partial charge < -0.3 is 14.1 Å². The number of hydrogen-bond acceptors (Lipinski definition) is 5. The molecule has 1 aromatic heterocycles. The minimum Gasteiger partial charge on any atom is -0.597 e. The smallest absolute Gasteiger partial charge is 0.354 e. The second-order valence-corrected chi connectivity index (χ2v) is 19.9. The third kappa shape index (κ3) is 6.14. The van der Waals surface area contributed by atoms with Gasteiger partial charge in [0.25, 0.3) is 8.32 Å². The van der Waals surface area contributed by atoms with Crippen LogP contribution in [0.3, 0.4) is 0 Å². The molecular weight excluding hydrogens is 585 g/mol. The van der Waals surface area contributed by atoms with Crippen LogP contribution in [-0.4, -0.2) is 44.6 Å². The third-order valence-corrected chi connectivity index (χ3v) is 15.2. The van der Waals surface area contributed by atoms with E-state index >= 15 is 0 Å². The van der Waals surface area contributed by atoms with E-state index in [1.165, 1.54) is 10.4 Å². The summed E-state index contributed by atoms with van der Waals surface area (Å²) < 4.78 is 22.8. The molecule has 4 aromatic rings. The molecule has 0 aliphatic carbocycles. The molecule has 2 heterocycles. The molecule has 0 unspecified atom stereocenters. The molecular formula is C36H42N2O4SSi. The van der Waals surface area contributed by atoms with E-state index in [1.807, 2.05) is 67.5 Å². The maximum absolute atomic E-state index is 14.0. The number of carboxylic acids is 1. The SMILES string of the molecule is CC(C)(C)[S@@+]([O-])N1Cc2cc(C(=O)O)nc(-c3ccccc3)c2[C@H]1CCO[Si](c1ccccc1)(c1ccccc1)C(C)(C)C. The van der Waals surface area contributed by atoms with E-state index in [0.29, 0.717) is 25.3 Å². The quantitative estimate of drug-likeness (QED) is 0.164. The Hall–Kier alpha value is -3.27. The predicted molar refractivity (Wildman–Crippen MR) is 181 cm³/mol. The molecule has 0 radical (unpaired) electrons. The van der Waals surface area contributed by atoms with E-state index in [4.69, 9.17) is 4.43 Å². The van der Waals surface area contributed by atoms with Crippen molar-refractivity contribution < 1.29 is 18.9 Å². The van der Waals surface area contributed by atoms with Gasteiger partial charge in [-0.1, -0.05) is 112 Å². The number of carboxylic acid groups (broad SMARTS) is 1. The van der Waals surface area contributed by atoms with Gasteiger partial charge in [0, 0.05) is 29.1 Å². The van der Waals surface area contributed by atoms with Crippen LogP contribution < -0.4 is 10.4 Å². The van der Waals surface area contributed by atoms with E-state index in [-0.39, 0.29) is 16.8 Å². The monoisotopic (exact) mass is 626 g/mol. The fourth-order valence-corrected chi connectivity index (χ4v) is 12.3. The van der Waals surface area contributed by atoms with Gasteiger partial charge in [-0.15, -0.1) is 4.31 Å². The number of carbonyl (C=O) groups is 1. The highest BCUT2D eigenvalue weighted by molar-refractivity contribution is 7.90. The molecule has 5 rings (SSSR count). The normalized spacial score (nSPS) is 16.5. The molecule has 8 heteroatoms. The molecule has 1 aliphatic rings. The molecule has 0 amide bonds. The highest BCUT2D eigenvalue weighted by atomic mass is 32.2. The molecule has 6 nitrogen and oxygen atoms in total. The van der Waals surface area contributed by atoms with Gasteiger partial charge in [-0.2, -0.15) is 0 Å². The van der Waals surface area contributed by atoms with Crippen molar-refractivity contribution in [2.24, 2.45) is 0 Å². The lowest BCUT2D eigenvalue weighted by atomic mass is 9.96. The lowest BCUT2D eigenvalue weighted by Crippen LogP contribution is -2.66. The molecule has 1 aliphatic heterocycles. The molecule has 230 valence electrons. The van der Waals surface area contributed by atoms with Crippen molar-refractivity contribution in [3.05, 3.63) is 114 Å². The first kappa shape index (κ1) is 32.1. The summed E-state index contributed by atoms with van der Waals surface area (Å²) in [4.78, 5) is 16.8. The van der Waals surface area contributed by atoms with Crippen molar-refractivity contribution in [3.8, 4) is 11.3 Å². The molecule has 0 saturated carbocycles. The highest BCUT2D eigenvalue weighted by Crippen LogP contribution is 2.46. The summed E-state index contributed by atoms with van der Waals surface area (Å²) in [5.74, 6) is -1.08. The average molecular weight is 627 g/mol. The number of hydrogen-bond donors (Lipinski definition) is 1. The summed E-state index contributed by atoms with van der Waals surface area (Å²) >= 11 is -1.35. The number of benzene rings is 3. The number of nitrogens with zero attached hydrogens (tertiary/aromatic N) is 2. The van der Waals surface area contributed by atoms with E-state index in [1.54, 1.807) is 6.07 Å². The summed E-state index contributed by atoms with van der Waals surface area (Å²) in [6.45, 7) is 13.5. The largest absolute Gasteiger partial charge is 0.597 e. The average Bonchev–Trinajstić information content (AvgIpc) is 3.36. The number of aromatic carboxylic acids is 1. The fraction of sp³-hybridized carbons (Fsp3) is 0.333. The van der Waals surface area contributed by atoms with Gasteiger partial charge in [0.2, 0.25) is 0 Å². The summed E-state index contributed by atoms with van der Waals surface area (Å²) in [5.41, 5.74) is 3.25. The molecule has 0 bridgehead atoms. The molecule has 2 atom stereocenters. The van der Waals surface area contributed by atoms with Crippen LogP contribution in [0, 0.1) is 0 Å². The molecule has 0 spiro atoms. The van der Waals surface area contributed by atoms with Gasteiger partial charge in [0.15, 0.2) is 0 Å².